The molecule has 0 bridgehead atoms. The van der Waals surface area contributed by atoms with E-state index in [-0.39, 0.29) is 17.3 Å². The first-order valence-electron chi connectivity index (χ1n) is 4.89. The highest BCUT2D eigenvalue weighted by Crippen LogP contribution is 2.12. The molecule has 1 rings (SSSR count). The third kappa shape index (κ3) is 4.00. The minimum atomic E-state index is -3.08. The number of aryl methyl sites for hydroxylation is 1. The minimum Gasteiger partial charge on any atom is -0.228 e. The second-order valence-electron chi connectivity index (χ2n) is 3.73. The zero-order chi connectivity index (χ0) is 11.5. The van der Waals surface area contributed by atoms with Crippen molar-refractivity contribution < 1.29 is 12.8 Å². The first kappa shape index (κ1) is 12.2. The van der Waals surface area contributed by atoms with Gasteiger partial charge in [0.05, 0.1) is 11.5 Å². The van der Waals surface area contributed by atoms with Gasteiger partial charge in [0.25, 0.3) is 0 Å². The van der Waals surface area contributed by atoms with E-state index in [1.807, 2.05) is 6.92 Å². The molecule has 0 saturated heterocycles. The van der Waals surface area contributed by atoms with Gasteiger partial charge in [0.1, 0.15) is 5.82 Å². The van der Waals surface area contributed by atoms with Crippen LogP contribution in [0.15, 0.2) is 18.2 Å². The standard InChI is InChI=1S/C11H15FO2S/c1-3-4-15(13,14)8-10-5-9(2)6-11(12)7-10/h5-7H,3-4,8H2,1-2H3. The Balaban J connectivity index is 2.90. The maximum Gasteiger partial charge on any atom is 0.154 e. The minimum absolute atomic E-state index is 0.0700. The SMILES string of the molecule is CCCS(=O)(=O)Cc1cc(C)cc(F)c1. The lowest BCUT2D eigenvalue weighted by atomic mass is 10.1. The molecule has 0 saturated carbocycles. The normalized spacial score (nSPS) is 11.7. The van der Waals surface area contributed by atoms with Crippen molar-refractivity contribution in [3.63, 3.8) is 0 Å². The fourth-order valence-electron chi connectivity index (χ4n) is 1.53. The summed E-state index contributed by atoms with van der Waals surface area (Å²) in [5, 5.41) is 0. The predicted molar refractivity (Wildman–Crippen MR) is 58.9 cm³/mol. The number of hydrogen-bond donors (Lipinski definition) is 0. The number of halogens is 1. The molecule has 0 spiro atoms. The smallest absolute Gasteiger partial charge is 0.154 e. The molecule has 15 heavy (non-hydrogen) atoms. The molecule has 0 amide bonds. The summed E-state index contributed by atoms with van der Waals surface area (Å²) >= 11 is 0. The molecule has 1 aromatic carbocycles. The van der Waals surface area contributed by atoms with Gasteiger partial charge in [-0.05, 0) is 36.6 Å². The summed E-state index contributed by atoms with van der Waals surface area (Å²) in [5.41, 5.74) is 1.28. The predicted octanol–water partition coefficient (Wildman–Crippen LogP) is 2.46. The molecule has 0 atom stereocenters. The number of benzene rings is 1. The van der Waals surface area contributed by atoms with Crippen LogP contribution in [0.25, 0.3) is 0 Å². The van der Waals surface area contributed by atoms with E-state index in [9.17, 15) is 12.8 Å². The highest BCUT2D eigenvalue weighted by Gasteiger charge is 2.11. The average molecular weight is 230 g/mol. The largest absolute Gasteiger partial charge is 0.228 e. The van der Waals surface area contributed by atoms with E-state index in [2.05, 4.69) is 0 Å². The Hall–Kier alpha value is -0.900. The lowest BCUT2D eigenvalue weighted by Gasteiger charge is -2.04. The highest BCUT2D eigenvalue weighted by molar-refractivity contribution is 7.90. The maximum atomic E-state index is 13.0. The van der Waals surface area contributed by atoms with Gasteiger partial charge in [-0.1, -0.05) is 13.0 Å². The third-order valence-corrected chi connectivity index (χ3v) is 3.81. The van der Waals surface area contributed by atoms with Gasteiger partial charge >= 0.3 is 0 Å². The molecule has 0 aliphatic rings. The van der Waals surface area contributed by atoms with Crippen molar-refractivity contribution in [2.45, 2.75) is 26.0 Å². The number of sulfone groups is 1. The van der Waals surface area contributed by atoms with Gasteiger partial charge in [0.2, 0.25) is 0 Å². The second-order valence-corrected chi connectivity index (χ2v) is 5.91. The van der Waals surface area contributed by atoms with Crippen LogP contribution >= 0.6 is 0 Å². The van der Waals surface area contributed by atoms with Crippen molar-refractivity contribution in [3.05, 3.63) is 35.1 Å². The Morgan fingerprint density at radius 1 is 1.27 bits per heavy atom. The van der Waals surface area contributed by atoms with E-state index in [0.29, 0.717) is 12.0 Å². The van der Waals surface area contributed by atoms with Gasteiger partial charge in [-0.3, -0.25) is 0 Å². The quantitative estimate of drug-likeness (QED) is 0.796. The Morgan fingerprint density at radius 2 is 1.93 bits per heavy atom. The van der Waals surface area contributed by atoms with Crippen molar-refractivity contribution in [1.29, 1.82) is 0 Å². The molecular formula is C11H15FO2S. The molecule has 0 aliphatic carbocycles. The van der Waals surface area contributed by atoms with Crippen LogP contribution in [-0.4, -0.2) is 14.2 Å². The number of rotatable bonds is 4. The summed E-state index contributed by atoms with van der Waals surface area (Å²) in [4.78, 5) is 0. The van der Waals surface area contributed by atoms with Crippen LogP contribution in [0.4, 0.5) is 4.39 Å². The lowest BCUT2D eigenvalue weighted by Crippen LogP contribution is -2.08. The van der Waals surface area contributed by atoms with Crippen molar-refractivity contribution in [2.75, 3.05) is 5.75 Å². The van der Waals surface area contributed by atoms with Crippen LogP contribution in [0.5, 0.6) is 0 Å². The molecule has 0 radical (unpaired) electrons. The second kappa shape index (κ2) is 4.75. The van der Waals surface area contributed by atoms with Crippen LogP contribution in [0.2, 0.25) is 0 Å². The molecule has 0 aromatic heterocycles. The van der Waals surface area contributed by atoms with Gasteiger partial charge in [0.15, 0.2) is 9.84 Å². The monoisotopic (exact) mass is 230 g/mol. The molecule has 0 fully saturated rings. The molecule has 0 heterocycles. The Morgan fingerprint density at radius 3 is 2.47 bits per heavy atom. The Bertz CT molecular complexity index is 418. The van der Waals surface area contributed by atoms with E-state index in [1.165, 1.54) is 12.1 Å². The topological polar surface area (TPSA) is 34.1 Å². The first-order valence-corrected chi connectivity index (χ1v) is 6.71. The lowest BCUT2D eigenvalue weighted by molar-refractivity contribution is 0.593. The van der Waals surface area contributed by atoms with E-state index >= 15 is 0 Å². The Labute approximate surface area is 90.0 Å². The van der Waals surface area contributed by atoms with E-state index in [4.69, 9.17) is 0 Å². The fraction of sp³-hybridized carbons (Fsp3) is 0.455. The van der Waals surface area contributed by atoms with Crippen LogP contribution in [-0.2, 0) is 15.6 Å². The summed E-state index contributed by atoms with van der Waals surface area (Å²) < 4.78 is 36.0. The van der Waals surface area contributed by atoms with Crippen LogP contribution in [0, 0.1) is 12.7 Å². The molecule has 1 aromatic rings. The van der Waals surface area contributed by atoms with Crippen molar-refractivity contribution in [2.24, 2.45) is 0 Å². The van der Waals surface area contributed by atoms with Gasteiger partial charge in [-0.25, -0.2) is 12.8 Å². The number of hydrogen-bond acceptors (Lipinski definition) is 2. The average Bonchev–Trinajstić information content (AvgIpc) is 1.99. The molecule has 0 N–H and O–H groups in total. The molecule has 4 heteroatoms. The zero-order valence-electron chi connectivity index (χ0n) is 8.96. The third-order valence-electron chi connectivity index (χ3n) is 2.00. The van der Waals surface area contributed by atoms with Gasteiger partial charge in [-0.2, -0.15) is 0 Å². The summed E-state index contributed by atoms with van der Waals surface area (Å²) in [6.07, 6.45) is 0.594. The van der Waals surface area contributed by atoms with Crippen molar-refractivity contribution >= 4 is 9.84 Å². The van der Waals surface area contributed by atoms with E-state index in [0.717, 1.165) is 5.56 Å². The summed E-state index contributed by atoms with van der Waals surface area (Å²) in [5.74, 6) is -0.293. The van der Waals surface area contributed by atoms with Gasteiger partial charge in [-0.15, -0.1) is 0 Å². The maximum absolute atomic E-state index is 13.0. The molecule has 0 unspecified atom stereocenters. The Kier molecular flexibility index (Phi) is 3.85. The van der Waals surface area contributed by atoms with Crippen LogP contribution < -0.4 is 0 Å². The van der Waals surface area contributed by atoms with Gasteiger partial charge < -0.3 is 0 Å². The summed E-state index contributed by atoms with van der Waals surface area (Å²) in [7, 11) is -3.08. The zero-order valence-corrected chi connectivity index (χ0v) is 9.77. The summed E-state index contributed by atoms with van der Waals surface area (Å²) in [6, 6.07) is 4.37. The summed E-state index contributed by atoms with van der Waals surface area (Å²) in [6.45, 7) is 3.56. The highest BCUT2D eigenvalue weighted by atomic mass is 32.2. The van der Waals surface area contributed by atoms with Crippen LogP contribution in [0.3, 0.4) is 0 Å². The van der Waals surface area contributed by atoms with Gasteiger partial charge in [0, 0.05) is 0 Å². The van der Waals surface area contributed by atoms with E-state index in [1.54, 1.807) is 13.0 Å². The molecule has 0 aliphatic heterocycles. The van der Waals surface area contributed by atoms with Crippen LogP contribution in [0.1, 0.15) is 24.5 Å². The molecular weight excluding hydrogens is 215 g/mol. The van der Waals surface area contributed by atoms with E-state index < -0.39 is 9.84 Å². The van der Waals surface area contributed by atoms with Crippen molar-refractivity contribution in [3.8, 4) is 0 Å². The fourth-order valence-corrected chi connectivity index (χ4v) is 2.97. The first-order chi connectivity index (χ1) is 6.93. The molecule has 84 valence electrons. The van der Waals surface area contributed by atoms with Crippen molar-refractivity contribution in [1.82, 2.24) is 0 Å². The molecule has 2 nitrogen and oxygen atoms in total.